The molecule has 2 nitrogen and oxygen atoms in total. The number of hydrogen-bond donors (Lipinski definition) is 1. The molecule has 7 aromatic carbocycles. The second-order valence-corrected chi connectivity index (χ2v) is 13.2. The molecule has 1 N–H and O–H groups in total. The van der Waals surface area contributed by atoms with E-state index in [1.807, 2.05) is 11.3 Å². The van der Waals surface area contributed by atoms with E-state index in [1.165, 1.54) is 81.3 Å². The summed E-state index contributed by atoms with van der Waals surface area (Å²) in [6, 6.07) is 51.5. The fourth-order valence-corrected chi connectivity index (χ4v) is 8.65. The van der Waals surface area contributed by atoms with E-state index in [0.29, 0.717) is 0 Å². The Kier molecular flexibility index (Phi) is 5.54. The average Bonchev–Trinajstić information content (AvgIpc) is 3.66. The fourth-order valence-electron chi connectivity index (χ4n) is 7.45. The first kappa shape index (κ1) is 25.7. The molecule has 1 aliphatic heterocycles. The van der Waals surface area contributed by atoms with E-state index in [4.69, 9.17) is 0 Å². The van der Waals surface area contributed by atoms with Crippen LogP contribution in [0.15, 0.2) is 146 Å². The van der Waals surface area contributed by atoms with Gasteiger partial charge in [-0.15, -0.1) is 11.3 Å². The number of benzene rings is 7. The van der Waals surface area contributed by atoms with E-state index in [0.717, 1.165) is 17.9 Å². The minimum atomic E-state index is 0.866. The predicted octanol–water partition coefficient (Wildman–Crippen LogP) is 12.4. The topological polar surface area (TPSA) is 15.3 Å². The molecule has 1 aliphatic carbocycles. The van der Waals surface area contributed by atoms with E-state index in [-0.39, 0.29) is 0 Å². The van der Waals surface area contributed by atoms with Crippen LogP contribution >= 0.6 is 11.3 Å². The largest absolute Gasteiger partial charge is 0.373 e. The summed E-state index contributed by atoms with van der Waals surface area (Å²) >= 11 is 1.85. The number of fused-ring (bicyclic) bond motifs is 7. The Balaban J connectivity index is 1.19. The third-order valence-electron chi connectivity index (χ3n) is 9.57. The van der Waals surface area contributed by atoms with Crippen molar-refractivity contribution in [3.8, 4) is 33.4 Å². The van der Waals surface area contributed by atoms with Gasteiger partial charge in [-0.3, -0.25) is 0 Å². The van der Waals surface area contributed by atoms with E-state index < -0.39 is 0 Å². The molecule has 2 heterocycles. The van der Waals surface area contributed by atoms with Crippen LogP contribution in [0, 0.1) is 0 Å². The second kappa shape index (κ2) is 9.93. The van der Waals surface area contributed by atoms with Crippen LogP contribution in [0.2, 0.25) is 0 Å². The summed E-state index contributed by atoms with van der Waals surface area (Å²) in [4.78, 5) is 2.46. The van der Waals surface area contributed by atoms with Crippen LogP contribution in [0.1, 0.15) is 5.56 Å². The first-order chi connectivity index (χ1) is 22.8. The van der Waals surface area contributed by atoms with Crippen molar-refractivity contribution in [2.75, 3.05) is 16.8 Å². The van der Waals surface area contributed by atoms with E-state index in [9.17, 15) is 0 Å². The predicted molar refractivity (Wildman–Crippen MR) is 199 cm³/mol. The van der Waals surface area contributed by atoms with Crippen molar-refractivity contribution in [1.29, 1.82) is 0 Å². The summed E-state index contributed by atoms with van der Waals surface area (Å²) in [5.41, 5.74) is 12.5. The van der Waals surface area contributed by atoms with Crippen LogP contribution in [0.3, 0.4) is 0 Å². The Morgan fingerprint density at radius 1 is 0.543 bits per heavy atom. The van der Waals surface area contributed by atoms with Gasteiger partial charge in [-0.1, -0.05) is 115 Å². The number of thiophene rings is 1. The van der Waals surface area contributed by atoms with Crippen molar-refractivity contribution < 1.29 is 0 Å². The zero-order valence-corrected chi connectivity index (χ0v) is 25.8. The van der Waals surface area contributed by atoms with Crippen molar-refractivity contribution >= 4 is 71.1 Å². The Hall–Kier alpha value is -5.64. The molecule has 10 rings (SSSR count). The summed E-state index contributed by atoms with van der Waals surface area (Å²) in [5, 5.41) is 11.3. The maximum absolute atomic E-state index is 3.61. The molecular weight excluding hydrogens is 577 g/mol. The number of anilines is 4. The molecular formula is C43H28N2S. The van der Waals surface area contributed by atoms with Crippen LogP contribution in [-0.4, -0.2) is 6.54 Å². The molecule has 0 spiro atoms. The minimum Gasteiger partial charge on any atom is -0.373 e. The zero-order chi connectivity index (χ0) is 30.2. The molecule has 0 atom stereocenters. The highest BCUT2D eigenvalue weighted by molar-refractivity contribution is 7.23. The third kappa shape index (κ3) is 3.82. The average molecular weight is 605 g/mol. The maximum atomic E-state index is 3.61. The van der Waals surface area contributed by atoms with Gasteiger partial charge in [0.25, 0.3) is 0 Å². The highest BCUT2D eigenvalue weighted by Gasteiger charge is 2.25. The van der Waals surface area contributed by atoms with Crippen molar-refractivity contribution in [3.63, 3.8) is 0 Å². The normalized spacial score (nSPS) is 12.8. The molecule has 0 bridgehead atoms. The highest BCUT2D eigenvalue weighted by atomic mass is 32.1. The Morgan fingerprint density at radius 2 is 1.28 bits per heavy atom. The lowest BCUT2D eigenvalue weighted by Crippen LogP contribution is -2.10. The Labute approximate surface area is 271 Å². The molecule has 46 heavy (non-hydrogen) atoms. The summed E-state index contributed by atoms with van der Waals surface area (Å²) in [6.07, 6.45) is 4.48. The SMILES string of the molecule is C1=Cc2c(sc3c(N(c4ccc(-c5ccc6ccccc6c5)cc4)c4cc5c6c(cccc6c4)-c4ccccc4-5)cccc23)NC1. The zero-order valence-electron chi connectivity index (χ0n) is 25.0. The standard InChI is InChI=1S/C43H28N2S/c1-2-9-29-24-30(18-17-27(29)8-1)28-19-21-32(22-20-28)45(40-16-6-14-37-38-15-7-23-44-43(38)46-42(37)40)33-25-31-10-5-13-36-34-11-3-4-12-35(34)39(26-33)41(31)36/h1-22,24-26,44H,23H2. The van der Waals surface area contributed by atoms with E-state index in [1.54, 1.807) is 0 Å². The molecule has 0 radical (unpaired) electrons. The smallest absolute Gasteiger partial charge is 0.0971 e. The molecule has 8 aromatic rings. The number of hydrogen-bond acceptors (Lipinski definition) is 3. The van der Waals surface area contributed by atoms with Crippen LogP contribution in [-0.2, 0) is 0 Å². The van der Waals surface area contributed by atoms with Crippen LogP contribution in [0.4, 0.5) is 22.1 Å². The Morgan fingerprint density at radius 3 is 2.17 bits per heavy atom. The summed E-state index contributed by atoms with van der Waals surface area (Å²) in [6.45, 7) is 0.866. The first-order valence-corrected chi connectivity index (χ1v) is 16.6. The summed E-state index contributed by atoms with van der Waals surface area (Å²) < 4.78 is 1.29. The molecule has 0 saturated carbocycles. The molecule has 0 fully saturated rings. The third-order valence-corrected chi connectivity index (χ3v) is 10.8. The molecule has 0 amide bonds. The van der Waals surface area contributed by atoms with Crippen LogP contribution in [0.5, 0.6) is 0 Å². The lowest BCUT2D eigenvalue weighted by atomic mass is 9.99. The van der Waals surface area contributed by atoms with Crippen molar-refractivity contribution in [1.82, 2.24) is 0 Å². The highest BCUT2D eigenvalue weighted by Crippen LogP contribution is 2.52. The quantitative estimate of drug-likeness (QED) is 0.215. The molecule has 0 unspecified atom stereocenters. The molecule has 0 saturated heterocycles. The van der Waals surface area contributed by atoms with Gasteiger partial charge < -0.3 is 10.2 Å². The summed E-state index contributed by atoms with van der Waals surface area (Å²) in [5.74, 6) is 0. The van der Waals surface area contributed by atoms with Gasteiger partial charge in [-0.2, -0.15) is 0 Å². The molecule has 1 aromatic heterocycles. The number of rotatable bonds is 4. The van der Waals surface area contributed by atoms with Crippen LogP contribution in [0.25, 0.3) is 71.1 Å². The summed E-state index contributed by atoms with van der Waals surface area (Å²) in [7, 11) is 0. The van der Waals surface area contributed by atoms with Gasteiger partial charge in [0.1, 0.15) is 0 Å². The minimum absolute atomic E-state index is 0.866. The number of nitrogens with one attached hydrogen (secondary N) is 1. The van der Waals surface area contributed by atoms with Crippen LogP contribution < -0.4 is 10.2 Å². The van der Waals surface area contributed by atoms with Gasteiger partial charge in [0.05, 0.1) is 15.4 Å². The van der Waals surface area contributed by atoms with E-state index in [2.05, 4.69) is 162 Å². The Bertz CT molecular complexity index is 2540. The second-order valence-electron chi connectivity index (χ2n) is 12.2. The van der Waals surface area contributed by atoms with E-state index >= 15 is 0 Å². The van der Waals surface area contributed by atoms with Crippen molar-refractivity contribution in [3.05, 3.63) is 151 Å². The lowest BCUT2D eigenvalue weighted by molar-refractivity contribution is 1.31. The van der Waals surface area contributed by atoms with Gasteiger partial charge in [0, 0.05) is 28.9 Å². The van der Waals surface area contributed by atoms with Gasteiger partial charge in [-0.05, 0) is 91.3 Å². The number of nitrogens with zero attached hydrogens (tertiary/aromatic N) is 1. The van der Waals surface area contributed by atoms with Gasteiger partial charge >= 0.3 is 0 Å². The van der Waals surface area contributed by atoms with Crippen molar-refractivity contribution in [2.45, 2.75) is 0 Å². The maximum Gasteiger partial charge on any atom is 0.0971 e. The van der Waals surface area contributed by atoms with Gasteiger partial charge in [-0.25, -0.2) is 0 Å². The molecule has 2 aliphatic rings. The monoisotopic (exact) mass is 604 g/mol. The van der Waals surface area contributed by atoms with Gasteiger partial charge in [0.15, 0.2) is 0 Å². The fraction of sp³-hybridized carbons (Fsp3) is 0.0233. The van der Waals surface area contributed by atoms with Crippen molar-refractivity contribution in [2.24, 2.45) is 0 Å². The molecule has 3 heteroatoms. The lowest BCUT2D eigenvalue weighted by Gasteiger charge is -2.27. The van der Waals surface area contributed by atoms with Gasteiger partial charge in [0.2, 0.25) is 0 Å². The molecule has 216 valence electrons. The first-order valence-electron chi connectivity index (χ1n) is 15.8.